The van der Waals surface area contributed by atoms with Crippen molar-refractivity contribution in [3.63, 3.8) is 0 Å². The molecule has 2 N–H and O–H groups in total. The summed E-state index contributed by atoms with van der Waals surface area (Å²) >= 11 is 4.01. The summed E-state index contributed by atoms with van der Waals surface area (Å²) in [4.78, 5) is 0. The van der Waals surface area contributed by atoms with Gasteiger partial charge < -0.3 is 15.2 Å². The van der Waals surface area contributed by atoms with Crippen molar-refractivity contribution in [3.05, 3.63) is 29.8 Å². The van der Waals surface area contributed by atoms with Gasteiger partial charge in [-0.1, -0.05) is 0 Å². The van der Waals surface area contributed by atoms with Crippen molar-refractivity contribution in [1.29, 1.82) is 5.26 Å². The van der Waals surface area contributed by atoms with Crippen molar-refractivity contribution < 1.29 is 9.84 Å². The number of nitrogens with zero attached hydrogens (tertiary/aromatic N) is 1. The number of hydrogen-bond acceptors (Lipinski definition) is 6. The lowest BCUT2D eigenvalue weighted by Crippen LogP contribution is -2.36. The van der Waals surface area contributed by atoms with Crippen LogP contribution >= 0.6 is 23.5 Å². The van der Waals surface area contributed by atoms with Gasteiger partial charge in [-0.05, 0) is 24.3 Å². The molecule has 21 heavy (non-hydrogen) atoms. The van der Waals surface area contributed by atoms with Gasteiger partial charge in [0, 0.05) is 35.6 Å². The zero-order valence-corrected chi connectivity index (χ0v) is 13.5. The van der Waals surface area contributed by atoms with E-state index in [0.29, 0.717) is 23.1 Å². The first-order valence-corrected chi connectivity index (χ1v) is 9.19. The summed E-state index contributed by atoms with van der Waals surface area (Å²) in [5.74, 6) is 4.34. The van der Waals surface area contributed by atoms with E-state index >= 15 is 0 Å². The van der Waals surface area contributed by atoms with Gasteiger partial charge in [0.25, 0.3) is 0 Å². The highest BCUT2D eigenvalue weighted by Gasteiger charge is 2.14. The third kappa shape index (κ3) is 6.18. The second-order valence-corrected chi connectivity index (χ2v) is 7.39. The molecule has 0 aliphatic carbocycles. The van der Waals surface area contributed by atoms with Crippen LogP contribution < -0.4 is 10.1 Å². The highest BCUT2D eigenvalue weighted by atomic mass is 32.2. The van der Waals surface area contributed by atoms with E-state index in [4.69, 9.17) is 10.00 Å². The van der Waals surface area contributed by atoms with Crippen LogP contribution in [0, 0.1) is 11.3 Å². The molecule has 0 amide bonds. The average Bonchev–Trinajstić information content (AvgIpc) is 2.54. The quantitative estimate of drug-likeness (QED) is 0.796. The van der Waals surface area contributed by atoms with Crippen molar-refractivity contribution in [2.75, 3.05) is 37.0 Å². The van der Waals surface area contributed by atoms with E-state index in [1.54, 1.807) is 24.3 Å². The lowest BCUT2D eigenvalue weighted by Gasteiger charge is -2.22. The third-order valence-corrected chi connectivity index (χ3v) is 5.91. The van der Waals surface area contributed by atoms with Crippen LogP contribution in [-0.4, -0.2) is 53.4 Å². The van der Waals surface area contributed by atoms with Gasteiger partial charge >= 0.3 is 0 Å². The van der Waals surface area contributed by atoms with Gasteiger partial charge in [0.2, 0.25) is 0 Å². The molecule has 2 unspecified atom stereocenters. The van der Waals surface area contributed by atoms with E-state index in [0.717, 1.165) is 6.54 Å². The van der Waals surface area contributed by atoms with Gasteiger partial charge in [-0.15, -0.1) is 0 Å². The third-order valence-electron chi connectivity index (χ3n) is 3.06. The zero-order valence-electron chi connectivity index (χ0n) is 11.8. The number of nitriles is 1. The molecule has 1 aliphatic heterocycles. The predicted octanol–water partition coefficient (Wildman–Crippen LogP) is 1.74. The SMILES string of the molecule is N#Cc1ccc(OCC(O)CNCC2CSCCS2)cc1. The molecule has 0 bridgehead atoms. The Labute approximate surface area is 134 Å². The minimum Gasteiger partial charge on any atom is -0.491 e. The number of hydrogen-bond donors (Lipinski definition) is 2. The van der Waals surface area contributed by atoms with Crippen molar-refractivity contribution >= 4 is 23.5 Å². The van der Waals surface area contributed by atoms with E-state index in [1.165, 1.54) is 17.3 Å². The van der Waals surface area contributed by atoms with Crippen LogP contribution in [-0.2, 0) is 0 Å². The Hall–Kier alpha value is -0.870. The topological polar surface area (TPSA) is 65.3 Å². The predicted molar refractivity (Wildman–Crippen MR) is 89.1 cm³/mol. The first-order chi connectivity index (χ1) is 10.3. The summed E-state index contributed by atoms with van der Waals surface area (Å²) in [6, 6.07) is 8.96. The molecular formula is C15H20N2O2S2. The molecule has 0 spiro atoms. The number of benzene rings is 1. The number of nitrogens with one attached hydrogen (secondary N) is 1. The molecule has 4 nitrogen and oxygen atoms in total. The molecule has 2 atom stereocenters. The fraction of sp³-hybridized carbons (Fsp3) is 0.533. The molecule has 0 aromatic heterocycles. The molecule has 2 rings (SSSR count). The molecule has 1 aromatic carbocycles. The first kappa shape index (κ1) is 16.5. The van der Waals surface area contributed by atoms with E-state index in [1.807, 2.05) is 23.5 Å². The van der Waals surface area contributed by atoms with Crippen LogP contribution in [0.15, 0.2) is 24.3 Å². The maximum atomic E-state index is 9.89. The molecule has 0 radical (unpaired) electrons. The molecule has 114 valence electrons. The van der Waals surface area contributed by atoms with Gasteiger partial charge in [0.15, 0.2) is 0 Å². The number of aliphatic hydroxyl groups is 1. The Kier molecular flexibility index (Phi) is 7.24. The Balaban J connectivity index is 1.60. The van der Waals surface area contributed by atoms with Crippen molar-refractivity contribution in [2.24, 2.45) is 0 Å². The van der Waals surface area contributed by atoms with Crippen LogP contribution in [0.2, 0.25) is 0 Å². The summed E-state index contributed by atoms with van der Waals surface area (Å²) in [6.07, 6.45) is -0.526. The van der Waals surface area contributed by atoms with Gasteiger partial charge in [0.05, 0.1) is 11.6 Å². The number of ether oxygens (including phenoxy) is 1. The monoisotopic (exact) mass is 324 g/mol. The van der Waals surface area contributed by atoms with Crippen LogP contribution in [0.25, 0.3) is 0 Å². The molecule has 1 aliphatic rings. The Bertz CT molecular complexity index is 456. The smallest absolute Gasteiger partial charge is 0.119 e. The van der Waals surface area contributed by atoms with Crippen LogP contribution in [0.5, 0.6) is 5.75 Å². The summed E-state index contributed by atoms with van der Waals surface area (Å²) in [5.41, 5.74) is 0.604. The van der Waals surface area contributed by atoms with E-state index in [2.05, 4.69) is 11.4 Å². The Morgan fingerprint density at radius 1 is 1.38 bits per heavy atom. The van der Waals surface area contributed by atoms with Crippen LogP contribution in [0.4, 0.5) is 0 Å². The summed E-state index contributed by atoms with van der Waals surface area (Å²) in [7, 11) is 0. The minimum atomic E-state index is -0.526. The summed E-state index contributed by atoms with van der Waals surface area (Å²) < 4.78 is 5.50. The van der Waals surface area contributed by atoms with Gasteiger partial charge in [-0.25, -0.2) is 0 Å². The molecule has 6 heteroatoms. The van der Waals surface area contributed by atoms with Crippen molar-refractivity contribution in [1.82, 2.24) is 5.32 Å². The normalized spacial score (nSPS) is 19.7. The second-order valence-electron chi connectivity index (χ2n) is 4.83. The average molecular weight is 324 g/mol. The molecule has 1 saturated heterocycles. The Morgan fingerprint density at radius 2 is 2.19 bits per heavy atom. The van der Waals surface area contributed by atoms with E-state index in [9.17, 15) is 5.11 Å². The Morgan fingerprint density at radius 3 is 2.86 bits per heavy atom. The zero-order chi connectivity index (χ0) is 14.9. The lowest BCUT2D eigenvalue weighted by atomic mass is 10.2. The van der Waals surface area contributed by atoms with Crippen LogP contribution in [0.1, 0.15) is 5.56 Å². The van der Waals surface area contributed by atoms with Gasteiger partial charge in [-0.2, -0.15) is 28.8 Å². The highest BCUT2D eigenvalue weighted by Crippen LogP contribution is 2.23. The molecule has 1 heterocycles. The first-order valence-electron chi connectivity index (χ1n) is 6.99. The number of rotatable bonds is 7. The number of thioether (sulfide) groups is 2. The molecule has 1 fully saturated rings. The molecule has 1 aromatic rings. The minimum absolute atomic E-state index is 0.255. The summed E-state index contributed by atoms with van der Waals surface area (Å²) in [6.45, 7) is 1.73. The summed E-state index contributed by atoms with van der Waals surface area (Å²) in [5, 5.41) is 22.5. The second kappa shape index (κ2) is 9.21. The molecule has 0 saturated carbocycles. The lowest BCUT2D eigenvalue weighted by molar-refractivity contribution is 0.107. The fourth-order valence-corrected chi connectivity index (χ4v) is 4.59. The standard InChI is InChI=1S/C15H20N2O2S2/c16-7-12-1-3-14(4-2-12)19-10-13(18)8-17-9-15-11-20-5-6-21-15/h1-4,13,15,17-18H,5-6,8-11H2. The van der Waals surface area contributed by atoms with Crippen molar-refractivity contribution in [2.45, 2.75) is 11.4 Å². The number of aliphatic hydroxyl groups excluding tert-OH is 1. The highest BCUT2D eigenvalue weighted by molar-refractivity contribution is 8.06. The van der Waals surface area contributed by atoms with Crippen molar-refractivity contribution in [3.8, 4) is 11.8 Å². The fourth-order valence-electron chi connectivity index (χ4n) is 1.94. The van der Waals surface area contributed by atoms with E-state index in [-0.39, 0.29) is 6.61 Å². The van der Waals surface area contributed by atoms with Crippen LogP contribution in [0.3, 0.4) is 0 Å². The van der Waals surface area contributed by atoms with Gasteiger partial charge in [0.1, 0.15) is 18.5 Å². The largest absolute Gasteiger partial charge is 0.491 e. The molecular weight excluding hydrogens is 304 g/mol. The maximum Gasteiger partial charge on any atom is 0.119 e. The maximum absolute atomic E-state index is 9.89. The van der Waals surface area contributed by atoms with Gasteiger partial charge in [-0.3, -0.25) is 0 Å². The van der Waals surface area contributed by atoms with E-state index < -0.39 is 6.10 Å².